The fourth-order valence-electron chi connectivity index (χ4n) is 2.01. The number of rotatable bonds is 5. The third kappa shape index (κ3) is 2.49. The van der Waals surface area contributed by atoms with Crippen LogP contribution in [0.4, 0.5) is 0 Å². The lowest BCUT2D eigenvalue weighted by Crippen LogP contribution is -2.67. The first-order chi connectivity index (χ1) is 9.69. The fraction of sp³-hybridized carbons (Fsp3) is 0.385. The van der Waals surface area contributed by atoms with Crippen molar-refractivity contribution in [2.45, 2.75) is 18.6 Å². The molecular weight excluding hydrogens is 312 g/mol. The highest BCUT2D eigenvalue weighted by atomic mass is 32.2. The smallest absolute Gasteiger partial charge is 0.259 e. The minimum Gasteiger partial charge on any atom is -0.491 e. The third-order valence-corrected chi connectivity index (χ3v) is 5.99. The van der Waals surface area contributed by atoms with Crippen LogP contribution in [0.1, 0.15) is 19.4 Å². The molecule has 8 heteroatoms. The van der Waals surface area contributed by atoms with E-state index in [2.05, 4.69) is 0 Å². The highest BCUT2D eigenvalue weighted by Gasteiger charge is 2.59. The third-order valence-electron chi connectivity index (χ3n) is 3.38. The molecule has 1 amide bonds. The Kier molecular flexibility index (Phi) is 3.94. The quantitative estimate of drug-likeness (QED) is 0.798. The van der Waals surface area contributed by atoms with Crippen LogP contribution in [0.25, 0.3) is 0 Å². The molecule has 0 saturated carbocycles. The van der Waals surface area contributed by atoms with Crippen molar-refractivity contribution in [3.8, 4) is 5.75 Å². The molecule has 6 nitrogen and oxygen atoms in total. The van der Waals surface area contributed by atoms with Gasteiger partial charge in [-0.25, -0.2) is 12.7 Å². The molecule has 0 radical (unpaired) electrons. The second-order valence-electron chi connectivity index (χ2n) is 5.10. The minimum absolute atomic E-state index is 0.0315. The molecule has 2 rings (SSSR count). The summed E-state index contributed by atoms with van der Waals surface area (Å²) in [5.41, 5.74) is 6.15. The minimum atomic E-state index is -3.58. The maximum absolute atomic E-state index is 11.9. The number of thiocarbonyl (C=S) groups is 1. The molecule has 1 aliphatic heterocycles. The average Bonchev–Trinajstić information content (AvgIpc) is 2.42. The number of ether oxygens (including phenoxy) is 1. The predicted octanol–water partition coefficient (Wildman–Crippen LogP) is 0.650. The summed E-state index contributed by atoms with van der Waals surface area (Å²) in [7, 11) is -3.58. The van der Waals surface area contributed by atoms with E-state index in [1.165, 1.54) is 13.8 Å². The molecule has 1 heterocycles. The zero-order valence-corrected chi connectivity index (χ0v) is 13.3. The van der Waals surface area contributed by atoms with E-state index in [-0.39, 0.29) is 18.1 Å². The van der Waals surface area contributed by atoms with Crippen LogP contribution in [0.2, 0.25) is 0 Å². The average molecular weight is 328 g/mol. The number of hydrogen-bond donors (Lipinski definition) is 1. The number of para-hydroxylation sites is 1. The maximum Gasteiger partial charge on any atom is 0.259 e. The first-order valence-electron chi connectivity index (χ1n) is 6.28. The van der Waals surface area contributed by atoms with Gasteiger partial charge in [-0.1, -0.05) is 24.4 Å². The molecule has 1 saturated heterocycles. The van der Waals surface area contributed by atoms with Crippen molar-refractivity contribution in [1.82, 2.24) is 4.31 Å². The van der Waals surface area contributed by atoms with Gasteiger partial charge >= 0.3 is 0 Å². The highest BCUT2D eigenvalue weighted by molar-refractivity contribution is 7.94. The second kappa shape index (κ2) is 5.27. The number of nitrogens with two attached hydrogens (primary N) is 1. The van der Waals surface area contributed by atoms with Crippen molar-refractivity contribution < 1.29 is 17.9 Å². The van der Waals surface area contributed by atoms with Crippen LogP contribution >= 0.6 is 12.2 Å². The van der Waals surface area contributed by atoms with E-state index in [1.807, 2.05) is 0 Å². The monoisotopic (exact) mass is 328 g/mol. The summed E-state index contributed by atoms with van der Waals surface area (Å²) in [4.78, 5) is 12.0. The van der Waals surface area contributed by atoms with Crippen molar-refractivity contribution in [1.29, 1.82) is 0 Å². The van der Waals surface area contributed by atoms with Crippen LogP contribution in [0.15, 0.2) is 24.3 Å². The van der Waals surface area contributed by atoms with Gasteiger partial charge < -0.3 is 10.5 Å². The van der Waals surface area contributed by atoms with Crippen LogP contribution in [0, 0.1) is 0 Å². The van der Waals surface area contributed by atoms with Gasteiger partial charge in [0.2, 0.25) is 0 Å². The van der Waals surface area contributed by atoms with Crippen LogP contribution in [0.3, 0.4) is 0 Å². The molecule has 0 aromatic heterocycles. The first kappa shape index (κ1) is 15.7. The number of benzene rings is 1. The van der Waals surface area contributed by atoms with Gasteiger partial charge in [0, 0.05) is 0 Å². The van der Waals surface area contributed by atoms with Crippen molar-refractivity contribution >= 4 is 33.1 Å². The van der Waals surface area contributed by atoms with Crippen molar-refractivity contribution in [2.75, 3.05) is 13.2 Å². The lowest BCUT2D eigenvalue weighted by Gasteiger charge is -2.42. The maximum atomic E-state index is 11.9. The van der Waals surface area contributed by atoms with Crippen LogP contribution in [0.5, 0.6) is 5.75 Å². The van der Waals surface area contributed by atoms with Crippen molar-refractivity contribution in [3.05, 3.63) is 29.8 Å². The van der Waals surface area contributed by atoms with E-state index in [9.17, 15) is 13.2 Å². The van der Waals surface area contributed by atoms with E-state index in [0.717, 1.165) is 4.31 Å². The Morgan fingerprint density at radius 3 is 2.57 bits per heavy atom. The number of hydrogen-bond acceptors (Lipinski definition) is 5. The Morgan fingerprint density at radius 2 is 2.00 bits per heavy atom. The number of carbonyl (C=O) groups is 1. The van der Waals surface area contributed by atoms with E-state index in [0.29, 0.717) is 11.3 Å². The lowest BCUT2D eigenvalue weighted by molar-refractivity contribution is -0.132. The Morgan fingerprint density at radius 1 is 1.38 bits per heavy atom. The fourth-order valence-corrected chi connectivity index (χ4v) is 3.69. The van der Waals surface area contributed by atoms with Gasteiger partial charge in [-0.15, -0.1) is 0 Å². The molecule has 2 N–H and O–H groups in total. The van der Waals surface area contributed by atoms with Crippen LogP contribution < -0.4 is 10.5 Å². The zero-order chi connectivity index (χ0) is 15.8. The van der Waals surface area contributed by atoms with Crippen LogP contribution in [-0.4, -0.2) is 41.5 Å². The molecule has 1 aromatic carbocycles. The molecule has 0 atom stereocenters. The summed E-state index contributed by atoms with van der Waals surface area (Å²) in [5, 5.41) is 0. The van der Waals surface area contributed by atoms with E-state index in [1.54, 1.807) is 24.3 Å². The van der Waals surface area contributed by atoms with Gasteiger partial charge in [0.05, 0.1) is 12.1 Å². The molecule has 1 aliphatic rings. The molecule has 1 fully saturated rings. The van der Waals surface area contributed by atoms with Gasteiger partial charge in [0.25, 0.3) is 15.9 Å². The molecule has 0 aliphatic carbocycles. The van der Waals surface area contributed by atoms with Crippen molar-refractivity contribution in [2.24, 2.45) is 5.73 Å². The summed E-state index contributed by atoms with van der Waals surface area (Å²) in [6.07, 6.45) is 0. The van der Waals surface area contributed by atoms with E-state index < -0.39 is 20.7 Å². The summed E-state index contributed by atoms with van der Waals surface area (Å²) >= 11 is 4.91. The van der Waals surface area contributed by atoms with Gasteiger partial charge in [-0.3, -0.25) is 4.79 Å². The topological polar surface area (TPSA) is 89.7 Å². The Balaban J connectivity index is 2.01. The first-order valence-corrected chi connectivity index (χ1v) is 8.13. The number of carbonyl (C=O) groups excluding carboxylic acids is 1. The number of sulfonamides is 1. The van der Waals surface area contributed by atoms with Gasteiger partial charge in [0.1, 0.15) is 17.3 Å². The predicted molar refractivity (Wildman–Crippen MR) is 82.5 cm³/mol. The molecule has 21 heavy (non-hydrogen) atoms. The molecule has 0 unspecified atom stereocenters. The van der Waals surface area contributed by atoms with E-state index in [4.69, 9.17) is 22.7 Å². The SMILES string of the molecule is CC1(C)C(=O)N(CCOc2ccccc2C(N)=S)S1(=O)=O. The normalized spacial score (nSPS) is 19.0. The number of amides is 1. The van der Waals surface area contributed by atoms with Crippen molar-refractivity contribution in [3.63, 3.8) is 0 Å². The molecule has 0 spiro atoms. The van der Waals surface area contributed by atoms with Crippen LogP contribution in [-0.2, 0) is 14.8 Å². The van der Waals surface area contributed by atoms with Gasteiger partial charge in [-0.2, -0.15) is 0 Å². The Hall–Kier alpha value is -1.67. The largest absolute Gasteiger partial charge is 0.491 e. The Labute approximate surface area is 128 Å². The second-order valence-corrected chi connectivity index (χ2v) is 7.95. The van der Waals surface area contributed by atoms with E-state index >= 15 is 0 Å². The standard InChI is InChI=1S/C13H16N2O4S2/c1-13(2)12(16)15(21(13,17)18)7-8-19-10-6-4-3-5-9(10)11(14)20/h3-6H,7-8H2,1-2H3,(H2,14,20). The molecule has 0 bridgehead atoms. The Bertz CT molecular complexity index is 698. The lowest BCUT2D eigenvalue weighted by atomic mass is 10.2. The van der Waals surface area contributed by atoms with Gasteiger partial charge in [0.15, 0.2) is 4.75 Å². The zero-order valence-electron chi connectivity index (χ0n) is 11.7. The number of nitrogens with zero attached hydrogens (tertiary/aromatic N) is 1. The summed E-state index contributed by atoms with van der Waals surface area (Å²) in [6, 6.07) is 6.93. The summed E-state index contributed by atoms with van der Waals surface area (Å²) < 4.78 is 28.8. The highest BCUT2D eigenvalue weighted by Crippen LogP contribution is 2.34. The van der Waals surface area contributed by atoms with Gasteiger partial charge in [-0.05, 0) is 26.0 Å². The molecular formula is C13H16N2O4S2. The molecule has 1 aromatic rings. The summed E-state index contributed by atoms with van der Waals surface area (Å²) in [6.45, 7) is 2.80. The summed E-state index contributed by atoms with van der Waals surface area (Å²) in [5.74, 6) is 0.0448. The molecule has 114 valence electrons.